The lowest BCUT2D eigenvalue weighted by molar-refractivity contribution is 0.0464. The van der Waals surface area contributed by atoms with Crippen molar-refractivity contribution in [3.05, 3.63) is 59.1 Å². The van der Waals surface area contributed by atoms with Gasteiger partial charge in [-0.05, 0) is 30.3 Å². The molecular weight excluding hydrogens is 426 g/mol. The van der Waals surface area contributed by atoms with Crippen LogP contribution in [-0.2, 0) is 21.2 Å². The van der Waals surface area contributed by atoms with Crippen LogP contribution in [0.15, 0.2) is 52.7 Å². The van der Waals surface area contributed by atoms with E-state index in [-0.39, 0.29) is 22.8 Å². The largest absolute Gasteiger partial charge is 0.493 e. The molecule has 0 bridgehead atoms. The first-order valence-corrected chi connectivity index (χ1v) is 11.6. The average Bonchev–Trinajstić information content (AvgIpc) is 3.26. The van der Waals surface area contributed by atoms with E-state index in [1.165, 1.54) is 30.4 Å². The van der Waals surface area contributed by atoms with Gasteiger partial charge in [0.1, 0.15) is 11.6 Å². The number of ether oxygens (including phenoxy) is 3. The number of benzene rings is 2. The summed E-state index contributed by atoms with van der Waals surface area (Å²) in [6.45, 7) is 1.46. The van der Waals surface area contributed by atoms with Crippen LogP contribution in [0.2, 0.25) is 0 Å². The SMILES string of the molecule is CCS(=O)(=O)c1ccccc1C(=O)OCc1csc(-c2ccc(OC)c(OC)c2)n1. The van der Waals surface area contributed by atoms with E-state index in [1.807, 2.05) is 12.1 Å². The third-order valence-corrected chi connectivity index (χ3v) is 7.08. The molecule has 0 aliphatic rings. The van der Waals surface area contributed by atoms with Crippen LogP contribution in [0.1, 0.15) is 23.0 Å². The summed E-state index contributed by atoms with van der Waals surface area (Å²) in [5.41, 5.74) is 1.43. The van der Waals surface area contributed by atoms with Gasteiger partial charge in [0.05, 0.1) is 36.1 Å². The Bertz CT molecular complexity index is 1150. The van der Waals surface area contributed by atoms with E-state index in [4.69, 9.17) is 14.2 Å². The molecular formula is C21H21NO6S2. The minimum absolute atomic E-state index is 0.0229. The van der Waals surface area contributed by atoms with Gasteiger partial charge in [-0.15, -0.1) is 11.3 Å². The van der Waals surface area contributed by atoms with Crippen molar-refractivity contribution in [3.8, 4) is 22.1 Å². The molecule has 3 rings (SSSR count). The summed E-state index contributed by atoms with van der Waals surface area (Å²) >= 11 is 1.40. The van der Waals surface area contributed by atoms with Crippen LogP contribution in [0.25, 0.3) is 10.6 Å². The molecule has 9 heteroatoms. The van der Waals surface area contributed by atoms with Crippen molar-refractivity contribution in [2.45, 2.75) is 18.4 Å². The zero-order valence-corrected chi connectivity index (χ0v) is 18.4. The fourth-order valence-electron chi connectivity index (χ4n) is 2.75. The van der Waals surface area contributed by atoms with Gasteiger partial charge in [0.2, 0.25) is 0 Å². The quantitative estimate of drug-likeness (QED) is 0.482. The molecule has 0 unspecified atom stereocenters. The number of methoxy groups -OCH3 is 2. The van der Waals surface area contributed by atoms with Crippen LogP contribution in [0.4, 0.5) is 0 Å². The van der Waals surface area contributed by atoms with Crippen molar-refractivity contribution in [3.63, 3.8) is 0 Å². The zero-order valence-electron chi connectivity index (χ0n) is 16.7. The van der Waals surface area contributed by atoms with Crippen LogP contribution in [0.3, 0.4) is 0 Å². The predicted octanol–water partition coefficient (Wildman–Crippen LogP) is 3.98. The lowest BCUT2D eigenvalue weighted by Crippen LogP contribution is -2.13. The van der Waals surface area contributed by atoms with Crippen molar-refractivity contribution in [1.29, 1.82) is 0 Å². The van der Waals surface area contributed by atoms with E-state index in [2.05, 4.69) is 4.98 Å². The highest BCUT2D eigenvalue weighted by Gasteiger charge is 2.22. The molecule has 0 aliphatic heterocycles. The van der Waals surface area contributed by atoms with Gasteiger partial charge in [0, 0.05) is 10.9 Å². The van der Waals surface area contributed by atoms with Gasteiger partial charge in [0.15, 0.2) is 21.3 Å². The molecule has 0 aliphatic carbocycles. The van der Waals surface area contributed by atoms with E-state index < -0.39 is 15.8 Å². The predicted molar refractivity (Wildman–Crippen MR) is 114 cm³/mol. The number of aromatic nitrogens is 1. The van der Waals surface area contributed by atoms with Gasteiger partial charge in [-0.3, -0.25) is 0 Å². The van der Waals surface area contributed by atoms with Crippen LogP contribution >= 0.6 is 11.3 Å². The second kappa shape index (κ2) is 9.27. The minimum atomic E-state index is -3.54. The minimum Gasteiger partial charge on any atom is -0.493 e. The van der Waals surface area contributed by atoms with Crippen molar-refractivity contribution in [2.75, 3.05) is 20.0 Å². The Morgan fingerprint density at radius 2 is 1.80 bits per heavy atom. The molecule has 158 valence electrons. The number of hydrogen-bond donors (Lipinski definition) is 0. The molecule has 0 N–H and O–H groups in total. The number of carbonyl (C=O) groups is 1. The monoisotopic (exact) mass is 447 g/mol. The van der Waals surface area contributed by atoms with Gasteiger partial charge in [-0.2, -0.15) is 0 Å². The molecule has 0 saturated carbocycles. The van der Waals surface area contributed by atoms with Gasteiger partial charge in [0.25, 0.3) is 0 Å². The molecule has 0 fully saturated rings. The van der Waals surface area contributed by atoms with Crippen LogP contribution in [0.5, 0.6) is 11.5 Å². The van der Waals surface area contributed by atoms with Gasteiger partial charge in [-0.1, -0.05) is 19.1 Å². The maximum atomic E-state index is 12.5. The molecule has 7 nitrogen and oxygen atoms in total. The molecule has 0 spiro atoms. The lowest BCUT2D eigenvalue weighted by Gasteiger charge is -2.09. The summed E-state index contributed by atoms with van der Waals surface area (Å²) in [5, 5.41) is 2.52. The molecule has 0 radical (unpaired) electrons. The van der Waals surface area contributed by atoms with Crippen molar-refractivity contribution < 1.29 is 27.4 Å². The summed E-state index contributed by atoms with van der Waals surface area (Å²) in [7, 11) is -0.410. The fraction of sp³-hybridized carbons (Fsp3) is 0.238. The second-order valence-corrected chi connectivity index (χ2v) is 9.29. The Kier molecular flexibility index (Phi) is 6.73. The van der Waals surface area contributed by atoms with Crippen LogP contribution in [-0.4, -0.2) is 39.3 Å². The molecule has 1 heterocycles. The Labute approximate surface area is 179 Å². The summed E-state index contributed by atoms with van der Waals surface area (Å²) < 4.78 is 40.3. The smallest absolute Gasteiger partial charge is 0.339 e. The zero-order chi connectivity index (χ0) is 21.7. The van der Waals surface area contributed by atoms with Crippen molar-refractivity contribution in [1.82, 2.24) is 4.98 Å². The molecule has 3 aromatic rings. The molecule has 0 atom stereocenters. The molecule has 1 aromatic heterocycles. The maximum absolute atomic E-state index is 12.5. The average molecular weight is 448 g/mol. The summed E-state index contributed by atoms with van der Waals surface area (Å²) in [6, 6.07) is 11.5. The van der Waals surface area contributed by atoms with E-state index in [1.54, 1.807) is 37.8 Å². The molecule has 0 amide bonds. The highest BCUT2D eigenvalue weighted by atomic mass is 32.2. The van der Waals surface area contributed by atoms with E-state index in [0.29, 0.717) is 17.2 Å². The maximum Gasteiger partial charge on any atom is 0.339 e. The first kappa shape index (κ1) is 21.8. The topological polar surface area (TPSA) is 91.8 Å². The summed E-state index contributed by atoms with van der Waals surface area (Å²) in [5.74, 6) is 0.404. The Morgan fingerprint density at radius 1 is 1.07 bits per heavy atom. The third-order valence-electron chi connectivity index (χ3n) is 4.36. The van der Waals surface area contributed by atoms with E-state index >= 15 is 0 Å². The Balaban J connectivity index is 1.75. The van der Waals surface area contributed by atoms with Crippen LogP contribution < -0.4 is 9.47 Å². The molecule has 0 saturated heterocycles. The lowest BCUT2D eigenvalue weighted by atomic mass is 10.2. The van der Waals surface area contributed by atoms with E-state index in [0.717, 1.165) is 10.6 Å². The highest BCUT2D eigenvalue weighted by Crippen LogP contribution is 2.33. The Hall–Kier alpha value is -2.91. The third kappa shape index (κ3) is 4.63. The molecule has 2 aromatic carbocycles. The van der Waals surface area contributed by atoms with Gasteiger partial charge in [-0.25, -0.2) is 18.2 Å². The first-order chi connectivity index (χ1) is 14.4. The van der Waals surface area contributed by atoms with Crippen molar-refractivity contribution >= 4 is 27.1 Å². The number of hydrogen-bond acceptors (Lipinski definition) is 8. The van der Waals surface area contributed by atoms with E-state index in [9.17, 15) is 13.2 Å². The fourth-order valence-corrected chi connectivity index (χ4v) is 4.64. The Morgan fingerprint density at radius 3 is 2.50 bits per heavy atom. The van der Waals surface area contributed by atoms with Gasteiger partial charge >= 0.3 is 5.97 Å². The number of nitrogens with zero attached hydrogens (tertiary/aromatic N) is 1. The standard InChI is InChI=1S/C21H21NO6S2/c1-4-30(24,25)19-8-6-5-7-16(19)21(23)28-12-15-13-29-20(22-15)14-9-10-17(26-2)18(11-14)27-3/h5-11,13H,4,12H2,1-3H3. The van der Waals surface area contributed by atoms with Crippen molar-refractivity contribution in [2.24, 2.45) is 0 Å². The second-order valence-electron chi connectivity index (χ2n) is 6.19. The van der Waals surface area contributed by atoms with Gasteiger partial charge < -0.3 is 14.2 Å². The number of rotatable bonds is 8. The number of esters is 1. The summed E-state index contributed by atoms with van der Waals surface area (Å²) in [6.07, 6.45) is 0. The number of carbonyl (C=O) groups excluding carboxylic acids is 1. The normalized spacial score (nSPS) is 11.2. The highest BCUT2D eigenvalue weighted by molar-refractivity contribution is 7.91. The van der Waals surface area contributed by atoms with Crippen LogP contribution in [0, 0.1) is 0 Å². The molecule has 30 heavy (non-hydrogen) atoms. The summed E-state index contributed by atoms with van der Waals surface area (Å²) in [4.78, 5) is 17.0. The number of sulfone groups is 1. The first-order valence-electron chi connectivity index (χ1n) is 9.05. The number of thiazole rings is 1.